The Hall–Kier alpha value is -2.07. The van der Waals surface area contributed by atoms with Crippen LogP contribution in [0, 0.1) is 5.92 Å². The van der Waals surface area contributed by atoms with Gasteiger partial charge in [0, 0.05) is 50.4 Å². The van der Waals surface area contributed by atoms with Gasteiger partial charge in [-0.2, -0.15) is 0 Å². The van der Waals surface area contributed by atoms with Crippen LogP contribution >= 0.6 is 0 Å². The summed E-state index contributed by atoms with van der Waals surface area (Å²) in [6.45, 7) is 6.68. The Kier molecular flexibility index (Phi) is 6.57. The summed E-state index contributed by atoms with van der Waals surface area (Å²) in [5.74, 6) is -0.494. The Morgan fingerprint density at radius 3 is 2.26 bits per heavy atom. The zero-order chi connectivity index (χ0) is 22.0. The Morgan fingerprint density at radius 1 is 1.00 bits per heavy atom. The number of sulfonamides is 1. The molecule has 0 atom stereocenters. The van der Waals surface area contributed by atoms with Crippen LogP contribution in [-0.4, -0.2) is 82.3 Å². The van der Waals surface area contributed by atoms with Crippen molar-refractivity contribution in [2.24, 2.45) is 5.92 Å². The number of ether oxygens (including phenoxy) is 1. The molecule has 2 fully saturated rings. The van der Waals surface area contributed by atoms with E-state index in [1.165, 1.54) is 6.07 Å². The number of carbonyl (C=O) groups excluding carboxylic acids is 2. The second kappa shape index (κ2) is 9.20. The number of rotatable bonds is 6. The predicted octanol–water partition coefficient (Wildman–Crippen LogP) is 1.26. The maximum absolute atomic E-state index is 13.4. The molecule has 168 valence electrons. The van der Waals surface area contributed by atoms with Gasteiger partial charge in [-0.1, -0.05) is 31.2 Å². The van der Waals surface area contributed by atoms with Crippen molar-refractivity contribution in [1.29, 1.82) is 0 Å². The molecule has 0 aromatic heterocycles. The molecule has 0 radical (unpaired) electrons. The third-order valence-corrected chi connectivity index (χ3v) is 7.75. The predicted molar refractivity (Wildman–Crippen MR) is 116 cm³/mol. The first-order valence-electron chi connectivity index (χ1n) is 10.9. The fourth-order valence-corrected chi connectivity index (χ4v) is 5.68. The van der Waals surface area contributed by atoms with Gasteiger partial charge in [-0.15, -0.1) is 0 Å². The topological polar surface area (TPSA) is 96.0 Å². The number of nitrogens with one attached hydrogen (secondary N) is 1. The van der Waals surface area contributed by atoms with Crippen LogP contribution in [-0.2, 0) is 14.8 Å². The number of Topliss-reactive ketones (excluding diaryl/α,β-unsaturated/α-hetero) is 2. The summed E-state index contributed by atoms with van der Waals surface area (Å²) in [6.07, 6.45) is 1.70. The molecule has 0 saturated carbocycles. The monoisotopic (exact) mass is 447 g/mol. The highest BCUT2D eigenvalue weighted by Gasteiger charge is 2.41. The molecule has 3 aliphatic rings. The molecule has 2 heterocycles. The van der Waals surface area contributed by atoms with Gasteiger partial charge in [0.2, 0.25) is 21.6 Å². The summed E-state index contributed by atoms with van der Waals surface area (Å²) < 4.78 is 34.5. The van der Waals surface area contributed by atoms with E-state index in [1.54, 1.807) is 23.1 Å². The van der Waals surface area contributed by atoms with E-state index in [0.29, 0.717) is 38.8 Å². The van der Waals surface area contributed by atoms with E-state index in [2.05, 4.69) is 16.5 Å². The van der Waals surface area contributed by atoms with E-state index in [4.69, 9.17) is 4.74 Å². The van der Waals surface area contributed by atoms with Crippen molar-refractivity contribution in [3.63, 3.8) is 0 Å². The van der Waals surface area contributed by atoms with E-state index in [0.717, 1.165) is 25.9 Å². The standard InChI is InChI=1S/C22H29N3O5S/c1-16-6-9-25(10-7-16)19-20(26)17-4-2-3-5-18(17)21(27)22(19)31(28,29)23-8-11-24-12-14-30-15-13-24/h2-5,16,23H,6-15H2,1H3. The lowest BCUT2D eigenvalue weighted by atomic mass is 9.90. The van der Waals surface area contributed by atoms with Gasteiger partial charge in [0.15, 0.2) is 4.91 Å². The summed E-state index contributed by atoms with van der Waals surface area (Å²) in [5, 5.41) is 0. The van der Waals surface area contributed by atoms with Crippen LogP contribution in [0.15, 0.2) is 34.9 Å². The average molecular weight is 448 g/mol. The van der Waals surface area contributed by atoms with E-state index >= 15 is 0 Å². The molecule has 2 aliphatic heterocycles. The minimum Gasteiger partial charge on any atom is -0.379 e. The number of benzene rings is 1. The van der Waals surface area contributed by atoms with Crippen molar-refractivity contribution in [3.8, 4) is 0 Å². The normalized spacial score (nSPS) is 21.5. The number of morpholine rings is 1. The van der Waals surface area contributed by atoms with Gasteiger partial charge in [0.05, 0.1) is 13.2 Å². The van der Waals surface area contributed by atoms with E-state index < -0.39 is 26.5 Å². The number of nitrogens with zero attached hydrogens (tertiary/aromatic N) is 2. The van der Waals surface area contributed by atoms with E-state index in [9.17, 15) is 18.0 Å². The van der Waals surface area contributed by atoms with E-state index in [-0.39, 0.29) is 23.4 Å². The van der Waals surface area contributed by atoms with Gasteiger partial charge >= 0.3 is 0 Å². The second-order valence-electron chi connectivity index (χ2n) is 8.40. The smallest absolute Gasteiger partial charge is 0.246 e. The van der Waals surface area contributed by atoms with Crippen LogP contribution in [0.3, 0.4) is 0 Å². The Bertz CT molecular complexity index is 990. The molecule has 9 heteroatoms. The van der Waals surface area contributed by atoms with Crippen molar-refractivity contribution in [2.75, 3.05) is 52.5 Å². The summed E-state index contributed by atoms with van der Waals surface area (Å²) in [7, 11) is -4.16. The van der Waals surface area contributed by atoms with Gasteiger partial charge in [0.1, 0.15) is 5.70 Å². The third kappa shape index (κ3) is 4.59. The first-order chi connectivity index (χ1) is 14.9. The van der Waals surface area contributed by atoms with Crippen LogP contribution in [0.1, 0.15) is 40.5 Å². The molecule has 4 rings (SSSR count). The Labute approximate surface area is 183 Å². The molecule has 1 aliphatic carbocycles. The minimum absolute atomic E-state index is 0.0227. The SMILES string of the molecule is CC1CCN(C2=C(S(=O)(=O)NCCN3CCOCC3)C(=O)c3ccccc3C2=O)CC1. The minimum atomic E-state index is -4.16. The summed E-state index contributed by atoms with van der Waals surface area (Å²) in [4.78, 5) is 30.1. The van der Waals surface area contributed by atoms with Gasteiger partial charge in [-0.3, -0.25) is 14.5 Å². The van der Waals surface area contributed by atoms with Crippen LogP contribution in [0.4, 0.5) is 0 Å². The van der Waals surface area contributed by atoms with Gasteiger partial charge < -0.3 is 9.64 Å². The quantitative estimate of drug-likeness (QED) is 0.701. The molecular formula is C22H29N3O5S. The van der Waals surface area contributed by atoms with Crippen molar-refractivity contribution >= 4 is 21.6 Å². The number of likely N-dealkylation sites (tertiary alicyclic amines) is 1. The molecule has 0 spiro atoms. The number of allylic oxidation sites excluding steroid dienone is 2. The first kappa shape index (κ1) is 22.1. The number of fused-ring (bicyclic) bond motifs is 1. The molecule has 0 amide bonds. The summed E-state index contributed by atoms with van der Waals surface area (Å²) >= 11 is 0. The number of hydrogen-bond acceptors (Lipinski definition) is 7. The van der Waals surface area contributed by atoms with E-state index in [1.807, 2.05) is 0 Å². The molecule has 0 unspecified atom stereocenters. The summed E-state index contributed by atoms with van der Waals surface area (Å²) in [5.41, 5.74) is 0.443. The largest absolute Gasteiger partial charge is 0.379 e. The maximum atomic E-state index is 13.4. The number of ketones is 2. The van der Waals surface area contributed by atoms with Gasteiger partial charge in [-0.25, -0.2) is 13.1 Å². The van der Waals surface area contributed by atoms with Crippen LogP contribution < -0.4 is 4.72 Å². The zero-order valence-electron chi connectivity index (χ0n) is 17.8. The Morgan fingerprint density at radius 2 is 1.61 bits per heavy atom. The van der Waals surface area contributed by atoms with Crippen molar-refractivity contribution in [1.82, 2.24) is 14.5 Å². The van der Waals surface area contributed by atoms with Gasteiger partial charge in [-0.05, 0) is 18.8 Å². The molecule has 0 bridgehead atoms. The van der Waals surface area contributed by atoms with Gasteiger partial charge in [0.25, 0.3) is 0 Å². The number of carbonyl (C=O) groups is 2. The van der Waals surface area contributed by atoms with Crippen molar-refractivity contribution < 1.29 is 22.7 Å². The fraction of sp³-hybridized carbons (Fsp3) is 0.545. The van der Waals surface area contributed by atoms with Crippen molar-refractivity contribution in [3.05, 3.63) is 46.0 Å². The Balaban J connectivity index is 1.65. The lowest BCUT2D eigenvalue weighted by Gasteiger charge is -2.35. The highest BCUT2D eigenvalue weighted by atomic mass is 32.2. The third-order valence-electron chi connectivity index (χ3n) is 6.25. The first-order valence-corrected chi connectivity index (χ1v) is 12.3. The maximum Gasteiger partial charge on any atom is 0.246 e. The molecule has 31 heavy (non-hydrogen) atoms. The van der Waals surface area contributed by atoms with Crippen LogP contribution in [0.25, 0.3) is 0 Å². The zero-order valence-corrected chi connectivity index (χ0v) is 18.6. The second-order valence-corrected chi connectivity index (χ2v) is 10.1. The lowest BCUT2D eigenvalue weighted by molar-refractivity contribution is 0.0390. The van der Waals surface area contributed by atoms with Crippen LogP contribution in [0.2, 0.25) is 0 Å². The molecule has 2 saturated heterocycles. The summed E-state index contributed by atoms with van der Waals surface area (Å²) in [6, 6.07) is 6.46. The van der Waals surface area contributed by atoms with Crippen molar-refractivity contribution in [2.45, 2.75) is 19.8 Å². The molecule has 1 aromatic carbocycles. The molecule has 1 aromatic rings. The molecule has 1 N–H and O–H groups in total. The fourth-order valence-electron chi connectivity index (χ4n) is 4.34. The highest BCUT2D eigenvalue weighted by molar-refractivity contribution is 7.94. The highest BCUT2D eigenvalue weighted by Crippen LogP contribution is 2.33. The molecular weight excluding hydrogens is 418 g/mol. The molecule has 8 nitrogen and oxygen atoms in total. The lowest BCUT2D eigenvalue weighted by Crippen LogP contribution is -2.44. The number of hydrogen-bond donors (Lipinski definition) is 1. The average Bonchev–Trinajstić information content (AvgIpc) is 2.77. The number of piperidine rings is 1. The van der Waals surface area contributed by atoms with Crippen LogP contribution in [0.5, 0.6) is 0 Å².